The Bertz CT molecular complexity index is 1030. The maximum Gasteiger partial charge on any atom is 0.134 e. The van der Waals surface area contributed by atoms with Crippen LogP contribution in [0.25, 0.3) is 33.1 Å². The van der Waals surface area contributed by atoms with Gasteiger partial charge in [-0.15, -0.1) is 0 Å². The van der Waals surface area contributed by atoms with Crippen LogP contribution < -0.4 is 0 Å². The molecule has 3 nitrogen and oxygen atoms in total. The molecule has 2 aromatic heterocycles. The predicted octanol–water partition coefficient (Wildman–Crippen LogP) is 5.14. The average Bonchev–Trinajstić information content (AvgIpc) is 2.60. The molecule has 0 saturated heterocycles. The number of nitrogens with zero attached hydrogens (tertiary/aromatic N) is 3. The first-order valence-electron chi connectivity index (χ1n) is 8.15. The Morgan fingerprint density at radius 3 is 2.12 bits per heavy atom. The predicted molar refractivity (Wildman–Crippen MR) is 99.0 cm³/mol. The van der Waals surface area contributed by atoms with Gasteiger partial charge in [0.15, 0.2) is 0 Å². The molecule has 0 aliphatic rings. The van der Waals surface area contributed by atoms with Gasteiger partial charge >= 0.3 is 0 Å². The molecule has 24 heavy (non-hydrogen) atoms. The van der Waals surface area contributed by atoms with Crippen molar-refractivity contribution in [1.82, 2.24) is 15.0 Å². The third-order valence-electron chi connectivity index (χ3n) is 4.15. The molecule has 0 spiro atoms. The number of benzene rings is 2. The molecule has 4 aromatic rings. The molecule has 0 bridgehead atoms. The molecule has 0 atom stereocenters. The molecule has 0 aliphatic heterocycles. The van der Waals surface area contributed by atoms with Crippen molar-refractivity contribution < 1.29 is 0 Å². The summed E-state index contributed by atoms with van der Waals surface area (Å²) in [7, 11) is 0. The normalized spacial score (nSPS) is 12.0. The van der Waals surface area contributed by atoms with E-state index < -0.39 is 0 Å². The van der Waals surface area contributed by atoms with E-state index in [0.29, 0.717) is 0 Å². The molecule has 0 unspecified atom stereocenters. The van der Waals surface area contributed by atoms with E-state index in [-0.39, 0.29) is 5.41 Å². The number of hydrogen-bond donors (Lipinski definition) is 0. The summed E-state index contributed by atoms with van der Waals surface area (Å²) in [4.78, 5) is 14.3. The van der Waals surface area contributed by atoms with Crippen LogP contribution in [0.3, 0.4) is 0 Å². The van der Waals surface area contributed by atoms with Crippen LogP contribution in [0.2, 0.25) is 0 Å². The summed E-state index contributed by atoms with van der Waals surface area (Å²) in [6.45, 7) is 6.38. The Balaban J connectivity index is 2.01. The molecule has 4 rings (SSSR count). The highest BCUT2D eigenvalue weighted by Crippen LogP contribution is 2.27. The first-order chi connectivity index (χ1) is 11.5. The molecule has 3 heteroatoms. The highest BCUT2D eigenvalue weighted by atomic mass is 14.9. The summed E-state index contributed by atoms with van der Waals surface area (Å²) >= 11 is 0. The zero-order valence-corrected chi connectivity index (χ0v) is 14.1. The molecule has 0 radical (unpaired) electrons. The van der Waals surface area contributed by atoms with E-state index >= 15 is 0 Å². The Hall–Kier alpha value is -2.81. The molecular weight excluding hydrogens is 294 g/mol. The zero-order valence-electron chi connectivity index (χ0n) is 14.1. The lowest BCUT2D eigenvalue weighted by molar-refractivity contribution is 0.548. The molecule has 0 fully saturated rings. The quantitative estimate of drug-likeness (QED) is 0.457. The van der Waals surface area contributed by atoms with Gasteiger partial charge in [0.05, 0.1) is 11.2 Å². The molecule has 0 N–H and O–H groups in total. The highest BCUT2D eigenvalue weighted by molar-refractivity contribution is 6.03. The van der Waals surface area contributed by atoms with E-state index in [9.17, 15) is 0 Å². The number of rotatable bonds is 1. The van der Waals surface area contributed by atoms with Crippen molar-refractivity contribution in [3.63, 3.8) is 0 Å². The number of pyridine rings is 1. The molecule has 2 heterocycles. The van der Waals surface area contributed by atoms with E-state index in [1.54, 1.807) is 0 Å². The molecule has 118 valence electrons. The van der Waals surface area contributed by atoms with Gasteiger partial charge in [0.25, 0.3) is 0 Å². The molecule has 0 saturated carbocycles. The molecule has 0 amide bonds. The van der Waals surface area contributed by atoms with Crippen LogP contribution in [0.4, 0.5) is 0 Å². The van der Waals surface area contributed by atoms with Crippen molar-refractivity contribution in [1.29, 1.82) is 0 Å². The Morgan fingerprint density at radius 1 is 0.708 bits per heavy atom. The average molecular weight is 313 g/mol. The van der Waals surface area contributed by atoms with Crippen molar-refractivity contribution >= 4 is 21.8 Å². The standard InChI is InChI=1S/C21H19N3/c1-21(2,3)20-22-13-16-10-9-15-11-12-17(14-7-5-4-6-8-14)23-18(15)19(16)24-20/h4-13H,1-3H3. The van der Waals surface area contributed by atoms with E-state index in [4.69, 9.17) is 9.97 Å². The van der Waals surface area contributed by atoms with Crippen molar-refractivity contribution in [2.45, 2.75) is 26.2 Å². The van der Waals surface area contributed by atoms with Gasteiger partial charge in [-0.2, -0.15) is 0 Å². The van der Waals surface area contributed by atoms with Gasteiger partial charge in [0.2, 0.25) is 0 Å². The summed E-state index contributed by atoms with van der Waals surface area (Å²) in [6, 6.07) is 18.6. The molecule has 0 aliphatic carbocycles. The van der Waals surface area contributed by atoms with Crippen molar-refractivity contribution in [3.05, 3.63) is 66.6 Å². The van der Waals surface area contributed by atoms with E-state index in [1.807, 2.05) is 24.4 Å². The van der Waals surface area contributed by atoms with Gasteiger partial charge in [-0.05, 0) is 6.07 Å². The second-order valence-corrected chi connectivity index (χ2v) is 7.08. The Morgan fingerprint density at radius 2 is 1.38 bits per heavy atom. The van der Waals surface area contributed by atoms with E-state index in [1.165, 1.54) is 0 Å². The van der Waals surface area contributed by atoms with E-state index in [2.05, 4.69) is 62.2 Å². The lowest BCUT2D eigenvalue weighted by Gasteiger charge is -2.16. The first-order valence-corrected chi connectivity index (χ1v) is 8.15. The number of aromatic nitrogens is 3. The third kappa shape index (κ3) is 2.52. The minimum Gasteiger partial charge on any atom is -0.245 e. The smallest absolute Gasteiger partial charge is 0.134 e. The van der Waals surface area contributed by atoms with Crippen molar-refractivity contribution in [2.24, 2.45) is 0 Å². The van der Waals surface area contributed by atoms with Crippen LogP contribution in [0.15, 0.2) is 60.8 Å². The molecule has 2 aromatic carbocycles. The largest absolute Gasteiger partial charge is 0.245 e. The van der Waals surface area contributed by atoms with Crippen LogP contribution in [0.1, 0.15) is 26.6 Å². The minimum atomic E-state index is -0.0899. The van der Waals surface area contributed by atoms with Crippen LogP contribution in [-0.2, 0) is 5.41 Å². The second-order valence-electron chi connectivity index (χ2n) is 7.08. The fourth-order valence-electron chi connectivity index (χ4n) is 2.81. The first kappa shape index (κ1) is 14.8. The van der Waals surface area contributed by atoms with Gasteiger partial charge in [0.1, 0.15) is 11.3 Å². The second kappa shape index (κ2) is 5.38. The van der Waals surface area contributed by atoms with Crippen LogP contribution in [-0.4, -0.2) is 15.0 Å². The van der Waals surface area contributed by atoms with Gasteiger partial charge in [-0.25, -0.2) is 15.0 Å². The van der Waals surface area contributed by atoms with Crippen LogP contribution in [0.5, 0.6) is 0 Å². The summed E-state index contributed by atoms with van der Waals surface area (Å²) in [5.41, 5.74) is 3.84. The maximum atomic E-state index is 4.91. The fourth-order valence-corrected chi connectivity index (χ4v) is 2.81. The lowest BCUT2D eigenvalue weighted by Crippen LogP contribution is -2.15. The van der Waals surface area contributed by atoms with Crippen LogP contribution >= 0.6 is 0 Å². The Labute approximate surface area is 141 Å². The monoisotopic (exact) mass is 313 g/mol. The van der Waals surface area contributed by atoms with E-state index in [0.717, 1.165) is 38.9 Å². The van der Waals surface area contributed by atoms with Crippen molar-refractivity contribution in [3.8, 4) is 11.3 Å². The van der Waals surface area contributed by atoms with Crippen molar-refractivity contribution in [2.75, 3.05) is 0 Å². The SMILES string of the molecule is CC(C)(C)c1ncc2ccc3ccc(-c4ccccc4)nc3c2n1. The summed E-state index contributed by atoms with van der Waals surface area (Å²) in [6.07, 6.45) is 1.90. The topological polar surface area (TPSA) is 38.7 Å². The van der Waals surface area contributed by atoms with Crippen LogP contribution in [0, 0.1) is 0 Å². The highest BCUT2D eigenvalue weighted by Gasteiger charge is 2.18. The third-order valence-corrected chi connectivity index (χ3v) is 4.15. The minimum absolute atomic E-state index is 0.0899. The summed E-state index contributed by atoms with van der Waals surface area (Å²) < 4.78 is 0. The van der Waals surface area contributed by atoms with Gasteiger partial charge in [-0.3, -0.25) is 0 Å². The lowest BCUT2D eigenvalue weighted by atomic mass is 9.95. The summed E-state index contributed by atoms with van der Waals surface area (Å²) in [5.74, 6) is 0.842. The fraction of sp³-hybridized carbons (Fsp3) is 0.190. The maximum absolute atomic E-state index is 4.91. The number of fused-ring (bicyclic) bond motifs is 3. The Kier molecular flexibility index (Phi) is 3.31. The van der Waals surface area contributed by atoms with Gasteiger partial charge < -0.3 is 0 Å². The molecular formula is C21H19N3. The number of hydrogen-bond acceptors (Lipinski definition) is 3. The van der Waals surface area contributed by atoms with Gasteiger partial charge in [0, 0.05) is 27.9 Å². The summed E-state index contributed by atoms with van der Waals surface area (Å²) in [5, 5.41) is 2.12. The zero-order chi connectivity index (χ0) is 16.7. The van der Waals surface area contributed by atoms with Gasteiger partial charge in [-0.1, -0.05) is 69.3 Å².